The van der Waals surface area contributed by atoms with Gasteiger partial charge in [-0.05, 0) is 18.2 Å². The lowest BCUT2D eigenvalue weighted by atomic mass is 10.3. The quantitative estimate of drug-likeness (QED) is 0.787. The first kappa shape index (κ1) is 16.0. The molecule has 0 atom stereocenters. The van der Waals surface area contributed by atoms with Gasteiger partial charge in [-0.25, -0.2) is 12.8 Å². The van der Waals surface area contributed by atoms with E-state index in [9.17, 15) is 12.8 Å². The Hall–Kier alpha value is -0.400. The second kappa shape index (κ2) is 6.58. The van der Waals surface area contributed by atoms with Crippen LogP contribution >= 0.6 is 23.2 Å². The molecule has 1 heterocycles. The Labute approximate surface area is 128 Å². The first-order valence-electron chi connectivity index (χ1n) is 6.18. The maximum atomic E-state index is 13.2. The van der Waals surface area contributed by atoms with Gasteiger partial charge in [-0.3, -0.25) is 4.90 Å². The van der Waals surface area contributed by atoms with Crippen LogP contribution in [0.2, 0.25) is 5.02 Å². The molecule has 1 aliphatic rings. The summed E-state index contributed by atoms with van der Waals surface area (Å²) in [5.74, 6) is -0.101. The SMILES string of the molecule is O=S(=O)(c1cc(F)ccc1Cl)N1CCN(CCCl)CC1. The summed E-state index contributed by atoms with van der Waals surface area (Å²) in [5, 5.41) is 0.0367. The standard InChI is InChI=1S/C12H15Cl2FN2O2S/c13-3-4-16-5-7-17(8-6-16)20(18,19)12-9-10(15)1-2-11(12)14/h1-2,9H,3-8H2. The molecule has 2 rings (SSSR count). The van der Waals surface area contributed by atoms with Crippen LogP contribution in [0.4, 0.5) is 4.39 Å². The number of nitrogens with zero attached hydrogens (tertiary/aromatic N) is 2. The van der Waals surface area contributed by atoms with Crippen molar-refractivity contribution in [2.45, 2.75) is 4.90 Å². The van der Waals surface area contributed by atoms with E-state index in [-0.39, 0.29) is 9.92 Å². The number of hydrogen-bond donors (Lipinski definition) is 0. The fourth-order valence-corrected chi connectivity index (χ4v) is 4.27. The predicted octanol–water partition coefficient (Wildman–Crippen LogP) is 2.02. The highest BCUT2D eigenvalue weighted by Crippen LogP contribution is 2.26. The number of piperazine rings is 1. The molecule has 0 N–H and O–H groups in total. The number of halogens is 3. The molecule has 1 aromatic rings. The van der Waals surface area contributed by atoms with E-state index >= 15 is 0 Å². The second-order valence-electron chi connectivity index (χ2n) is 4.51. The summed E-state index contributed by atoms with van der Waals surface area (Å²) in [5.41, 5.74) is 0. The normalized spacial score (nSPS) is 18.4. The maximum Gasteiger partial charge on any atom is 0.244 e. The van der Waals surface area contributed by atoms with Crippen molar-refractivity contribution in [2.75, 3.05) is 38.6 Å². The van der Waals surface area contributed by atoms with Crippen LogP contribution in [0.5, 0.6) is 0 Å². The molecular weight excluding hydrogens is 326 g/mol. The molecule has 1 aliphatic heterocycles. The molecule has 4 nitrogen and oxygen atoms in total. The monoisotopic (exact) mass is 340 g/mol. The van der Waals surface area contributed by atoms with Crippen molar-refractivity contribution in [3.63, 3.8) is 0 Å². The molecule has 0 spiro atoms. The van der Waals surface area contributed by atoms with E-state index in [2.05, 4.69) is 4.90 Å². The van der Waals surface area contributed by atoms with E-state index in [1.807, 2.05) is 0 Å². The van der Waals surface area contributed by atoms with Crippen molar-refractivity contribution >= 4 is 33.2 Å². The van der Waals surface area contributed by atoms with Gasteiger partial charge in [0.1, 0.15) is 10.7 Å². The van der Waals surface area contributed by atoms with Crippen LogP contribution in [0.15, 0.2) is 23.1 Å². The van der Waals surface area contributed by atoms with Gasteiger partial charge in [0.2, 0.25) is 10.0 Å². The zero-order valence-electron chi connectivity index (χ0n) is 10.7. The van der Waals surface area contributed by atoms with Gasteiger partial charge in [0.25, 0.3) is 0 Å². The summed E-state index contributed by atoms with van der Waals surface area (Å²) in [6, 6.07) is 3.36. The van der Waals surface area contributed by atoms with E-state index in [1.54, 1.807) is 0 Å². The zero-order valence-corrected chi connectivity index (χ0v) is 13.1. The first-order valence-corrected chi connectivity index (χ1v) is 8.54. The van der Waals surface area contributed by atoms with Gasteiger partial charge in [-0.15, -0.1) is 11.6 Å². The van der Waals surface area contributed by atoms with Crippen LogP contribution in [0, 0.1) is 5.82 Å². The number of sulfonamides is 1. The molecule has 0 amide bonds. The lowest BCUT2D eigenvalue weighted by molar-refractivity contribution is 0.197. The third-order valence-corrected chi connectivity index (χ3v) is 5.79. The van der Waals surface area contributed by atoms with Crippen molar-refractivity contribution in [1.82, 2.24) is 9.21 Å². The van der Waals surface area contributed by atoms with E-state index in [4.69, 9.17) is 23.2 Å². The van der Waals surface area contributed by atoms with Crippen LogP contribution in [-0.4, -0.2) is 56.2 Å². The van der Waals surface area contributed by atoms with Crippen molar-refractivity contribution in [1.29, 1.82) is 0 Å². The molecule has 8 heteroatoms. The Balaban J connectivity index is 2.18. The summed E-state index contributed by atoms with van der Waals surface area (Å²) >= 11 is 11.5. The number of benzene rings is 1. The molecule has 112 valence electrons. The van der Waals surface area contributed by atoms with E-state index < -0.39 is 15.8 Å². The highest BCUT2D eigenvalue weighted by atomic mass is 35.5. The van der Waals surface area contributed by atoms with Crippen LogP contribution in [0.25, 0.3) is 0 Å². The summed E-state index contributed by atoms with van der Waals surface area (Å²) in [7, 11) is -3.75. The molecule has 1 fully saturated rings. The number of hydrogen-bond acceptors (Lipinski definition) is 3. The Morgan fingerprint density at radius 3 is 2.45 bits per heavy atom. The van der Waals surface area contributed by atoms with Gasteiger partial charge in [0, 0.05) is 38.6 Å². The Morgan fingerprint density at radius 2 is 1.85 bits per heavy atom. The van der Waals surface area contributed by atoms with Crippen LogP contribution in [0.1, 0.15) is 0 Å². The third kappa shape index (κ3) is 3.43. The van der Waals surface area contributed by atoms with Gasteiger partial charge in [0.05, 0.1) is 5.02 Å². The van der Waals surface area contributed by atoms with Crippen LogP contribution < -0.4 is 0 Å². The average Bonchev–Trinajstić information content (AvgIpc) is 2.42. The summed E-state index contributed by atoms with van der Waals surface area (Å²) in [6.45, 7) is 2.66. The topological polar surface area (TPSA) is 40.6 Å². The molecule has 0 unspecified atom stereocenters. The van der Waals surface area contributed by atoms with E-state index in [0.717, 1.165) is 18.7 Å². The fraction of sp³-hybridized carbons (Fsp3) is 0.500. The van der Waals surface area contributed by atoms with Crippen molar-refractivity contribution in [3.05, 3.63) is 29.0 Å². The summed E-state index contributed by atoms with van der Waals surface area (Å²) in [4.78, 5) is 1.91. The molecule has 1 saturated heterocycles. The molecule has 0 aliphatic carbocycles. The molecular formula is C12H15Cl2FN2O2S. The lowest BCUT2D eigenvalue weighted by Gasteiger charge is -2.33. The highest BCUT2D eigenvalue weighted by molar-refractivity contribution is 7.89. The molecule has 20 heavy (non-hydrogen) atoms. The van der Waals surface area contributed by atoms with Crippen LogP contribution in [0.3, 0.4) is 0 Å². The largest absolute Gasteiger partial charge is 0.300 e. The molecule has 0 saturated carbocycles. The minimum Gasteiger partial charge on any atom is -0.300 e. The van der Waals surface area contributed by atoms with Gasteiger partial charge in [0.15, 0.2) is 0 Å². The molecule has 0 radical (unpaired) electrons. The highest BCUT2D eigenvalue weighted by Gasteiger charge is 2.30. The van der Waals surface area contributed by atoms with Gasteiger partial charge in [-0.1, -0.05) is 11.6 Å². The number of rotatable bonds is 4. The average molecular weight is 341 g/mol. The third-order valence-electron chi connectivity index (χ3n) is 3.24. The number of alkyl halides is 1. The van der Waals surface area contributed by atoms with E-state index in [1.165, 1.54) is 10.4 Å². The van der Waals surface area contributed by atoms with E-state index in [0.29, 0.717) is 32.1 Å². The second-order valence-corrected chi connectivity index (χ2v) is 7.20. The van der Waals surface area contributed by atoms with Crippen molar-refractivity contribution in [3.8, 4) is 0 Å². The maximum absolute atomic E-state index is 13.2. The summed E-state index contributed by atoms with van der Waals surface area (Å²) in [6.07, 6.45) is 0. The zero-order chi connectivity index (χ0) is 14.8. The van der Waals surface area contributed by atoms with Crippen molar-refractivity contribution < 1.29 is 12.8 Å². The first-order chi connectivity index (χ1) is 9.45. The minimum absolute atomic E-state index is 0.0367. The van der Waals surface area contributed by atoms with Crippen LogP contribution in [-0.2, 0) is 10.0 Å². The smallest absolute Gasteiger partial charge is 0.244 e. The Morgan fingerprint density at radius 1 is 1.20 bits per heavy atom. The Bertz CT molecular complexity index is 575. The molecule has 1 aromatic carbocycles. The van der Waals surface area contributed by atoms with Gasteiger partial charge in [-0.2, -0.15) is 4.31 Å². The predicted molar refractivity (Wildman–Crippen MR) is 77.3 cm³/mol. The fourth-order valence-electron chi connectivity index (χ4n) is 2.13. The van der Waals surface area contributed by atoms with Gasteiger partial charge < -0.3 is 0 Å². The lowest BCUT2D eigenvalue weighted by Crippen LogP contribution is -2.49. The minimum atomic E-state index is -3.75. The molecule has 0 bridgehead atoms. The van der Waals surface area contributed by atoms with Gasteiger partial charge >= 0.3 is 0 Å². The Kier molecular flexibility index (Phi) is 5.25. The molecule has 0 aromatic heterocycles. The summed E-state index contributed by atoms with van der Waals surface area (Å²) < 4.78 is 39.5. The van der Waals surface area contributed by atoms with Crippen molar-refractivity contribution in [2.24, 2.45) is 0 Å².